The second-order valence-electron chi connectivity index (χ2n) is 7.23. The van der Waals surface area contributed by atoms with Crippen molar-refractivity contribution in [2.75, 3.05) is 12.3 Å². The molecule has 3 atom stereocenters. The Morgan fingerprint density at radius 3 is 2.57 bits per heavy atom. The molecule has 2 aliphatic rings. The van der Waals surface area contributed by atoms with E-state index < -0.39 is 16.8 Å². The van der Waals surface area contributed by atoms with Gasteiger partial charge < -0.3 is 15.3 Å². The monoisotopic (exact) mass is 462 g/mol. The molecule has 9 heteroatoms. The number of nitrogens with one attached hydrogen (secondary N) is 1. The fourth-order valence-electron chi connectivity index (χ4n) is 3.52. The summed E-state index contributed by atoms with van der Waals surface area (Å²) >= 11 is 8.53. The van der Waals surface area contributed by atoms with Gasteiger partial charge in [-0.2, -0.15) is 0 Å². The molecular weight excluding hydrogens is 444 g/mol. The highest BCUT2D eigenvalue weighted by molar-refractivity contribution is 8.05. The number of hydrogen-bond acceptors (Lipinski definition) is 5. The molecule has 6 nitrogen and oxygen atoms in total. The molecule has 2 N–H and O–H groups in total. The summed E-state index contributed by atoms with van der Waals surface area (Å²) in [7, 11) is 0. The molecule has 2 aliphatic heterocycles. The van der Waals surface area contributed by atoms with Crippen molar-refractivity contribution in [3.05, 3.63) is 65.2 Å². The molecule has 2 heterocycles. The van der Waals surface area contributed by atoms with E-state index in [1.54, 1.807) is 29.2 Å². The van der Waals surface area contributed by atoms with E-state index in [2.05, 4.69) is 5.32 Å². The van der Waals surface area contributed by atoms with Crippen molar-refractivity contribution in [1.29, 1.82) is 0 Å². The van der Waals surface area contributed by atoms with E-state index in [-0.39, 0.29) is 30.2 Å². The number of benzene rings is 2. The van der Waals surface area contributed by atoms with Gasteiger partial charge in [0.05, 0.1) is 6.42 Å². The summed E-state index contributed by atoms with van der Waals surface area (Å²) in [6, 6.07) is 15.7. The molecule has 2 fully saturated rings. The van der Waals surface area contributed by atoms with Crippen molar-refractivity contribution in [1.82, 2.24) is 10.2 Å². The highest BCUT2D eigenvalue weighted by atomic mass is 35.5. The number of halogens is 1. The standard InChI is InChI=1S/C21H19ClN2O4S2/c22-14-6-8-15(9-7-14)30-21(20(27)28)11-24-18(26)17(19(24)29-12-21)23-16(25)10-13-4-2-1-3-5-13/h1-9,17,19H,10-12H2,(H,23,25)(H,27,28)/t17-,19-,21?/m1/s1. The minimum atomic E-state index is -1.15. The van der Waals surface area contributed by atoms with Crippen molar-refractivity contribution >= 4 is 52.9 Å². The fourth-order valence-corrected chi connectivity index (χ4v) is 6.49. The number of thioether (sulfide) groups is 2. The number of nitrogens with zero attached hydrogens (tertiary/aromatic N) is 1. The topological polar surface area (TPSA) is 86.7 Å². The Kier molecular flexibility index (Phi) is 5.99. The van der Waals surface area contributed by atoms with Crippen LogP contribution in [0.15, 0.2) is 59.5 Å². The number of rotatable bonds is 6. The number of β-lactam (4-membered cyclic amide) rings is 1. The lowest BCUT2D eigenvalue weighted by atomic mass is 10.0. The van der Waals surface area contributed by atoms with E-state index in [9.17, 15) is 19.5 Å². The van der Waals surface area contributed by atoms with Crippen LogP contribution < -0.4 is 5.32 Å². The molecule has 0 spiro atoms. The average molecular weight is 463 g/mol. The predicted molar refractivity (Wildman–Crippen MR) is 118 cm³/mol. The maximum absolute atomic E-state index is 12.7. The van der Waals surface area contributed by atoms with E-state index >= 15 is 0 Å². The lowest BCUT2D eigenvalue weighted by molar-refractivity contribution is -0.152. The predicted octanol–water partition coefficient (Wildman–Crippen LogP) is 2.90. The van der Waals surface area contributed by atoms with Gasteiger partial charge >= 0.3 is 5.97 Å². The van der Waals surface area contributed by atoms with Crippen LogP contribution in [0, 0.1) is 0 Å². The van der Waals surface area contributed by atoms with Gasteiger partial charge in [-0.05, 0) is 29.8 Å². The SMILES string of the molecule is O=C(Cc1ccccc1)N[C@@H]1C(=O)N2CC(Sc3ccc(Cl)cc3)(C(=O)O)CS[C@H]12. The molecule has 1 unspecified atom stereocenters. The number of carboxylic acids is 1. The second kappa shape index (κ2) is 8.53. The summed E-state index contributed by atoms with van der Waals surface area (Å²) in [6.07, 6.45) is 0.202. The molecule has 4 rings (SSSR count). The molecule has 2 amide bonds. The third-order valence-corrected chi connectivity index (χ3v) is 8.40. The quantitative estimate of drug-likeness (QED) is 0.642. The van der Waals surface area contributed by atoms with Gasteiger partial charge in [0.25, 0.3) is 0 Å². The van der Waals surface area contributed by atoms with Crippen molar-refractivity contribution in [2.45, 2.75) is 27.5 Å². The number of aliphatic carboxylic acids is 1. The molecule has 156 valence electrons. The molecule has 0 aliphatic carbocycles. The number of carboxylic acid groups (broad SMARTS) is 1. The summed E-state index contributed by atoms with van der Waals surface area (Å²) in [5, 5.41) is 13.1. The van der Waals surface area contributed by atoms with E-state index in [1.807, 2.05) is 30.3 Å². The molecule has 30 heavy (non-hydrogen) atoms. The highest BCUT2D eigenvalue weighted by Gasteiger charge is 2.57. The number of carbonyl (C=O) groups is 3. The average Bonchev–Trinajstić information content (AvgIpc) is 2.74. The summed E-state index contributed by atoms with van der Waals surface area (Å²) in [6.45, 7) is 0.0944. The Labute approximate surface area is 187 Å². The smallest absolute Gasteiger partial charge is 0.322 e. The first kappa shape index (κ1) is 21.1. The molecular formula is C21H19ClN2O4S2. The van der Waals surface area contributed by atoms with E-state index in [1.165, 1.54) is 23.5 Å². The first-order valence-corrected chi connectivity index (χ1v) is 11.6. The summed E-state index contributed by atoms with van der Waals surface area (Å²) < 4.78 is -1.15. The Balaban J connectivity index is 1.41. The van der Waals surface area contributed by atoms with Crippen molar-refractivity contribution < 1.29 is 19.5 Å². The molecule has 0 saturated carbocycles. The Morgan fingerprint density at radius 1 is 1.20 bits per heavy atom. The van der Waals surface area contributed by atoms with Crippen molar-refractivity contribution in [2.24, 2.45) is 0 Å². The van der Waals surface area contributed by atoms with Crippen LogP contribution >= 0.6 is 35.1 Å². The van der Waals surface area contributed by atoms with Crippen LogP contribution in [0.4, 0.5) is 0 Å². The van der Waals surface area contributed by atoms with Crippen LogP contribution in [0.3, 0.4) is 0 Å². The zero-order valence-electron chi connectivity index (χ0n) is 15.8. The normalized spacial score (nSPS) is 25.2. The largest absolute Gasteiger partial charge is 0.480 e. The van der Waals surface area contributed by atoms with Crippen LogP contribution in [0.2, 0.25) is 5.02 Å². The van der Waals surface area contributed by atoms with Crippen LogP contribution in [0.1, 0.15) is 5.56 Å². The third-order valence-electron chi connectivity index (χ3n) is 5.10. The summed E-state index contributed by atoms with van der Waals surface area (Å²) in [5.74, 6) is -1.09. The fraction of sp³-hybridized carbons (Fsp3) is 0.286. The zero-order chi connectivity index (χ0) is 21.3. The van der Waals surface area contributed by atoms with Gasteiger partial charge in [0.1, 0.15) is 16.2 Å². The maximum atomic E-state index is 12.7. The van der Waals surface area contributed by atoms with Crippen molar-refractivity contribution in [3.8, 4) is 0 Å². The Hall–Kier alpha value is -2.16. The molecule has 2 saturated heterocycles. The lowest BCUT2D eigenvalue weighted by Crippen LogP contribution is -2.74. The zero-order valence-corrected chi connectivity index (χ0v) is 18.2. The van der Waals surface area contributed by atoms with Gasteiger partial charge in [-0.25, -0.2) is 0 Å². The van der Waals surface area contributed by atoms with Gasteiger partial charge in [0.2, 0.25) is 11.8 Å². The Morgan fingerprint density at radius 2 is 1.90 bits per heavy atom. The molecule has 2 aromatic rings. The van der Waals surface area contributed by atoms with Gasteiger partial charge in [-0.1, -0.05) is 41.9 Å². The van der Waals surface area contributed by atoms with Crippen molar-refractivity contribution in [3.63, 3.8) is 0 Å². The third kappa shape index (κ3) is 4.17. The summed E-state index contributed by atoms with van der Waals surface area (Å²) in [5.41, 5.74) is 0.874. The lowest BCUT2D eigenvalue weighted by Gasteiger charge is -2.53. The molecule has 0 aromatic heterocycles. The maximum Gasteiger partial charge on any atom is 0.322 e. The van der Waals surface area contributed by atoms with Crippen LogP contribution in [-0.2, 0) is 20.8 Å². The van der Waals surface area contributed by atoms with E-state index in [0.717, 1.165) is 10.5 Å². The van der Waals surface area contributed by atoms with Gasteiger partial charge in [-0.15, -0.1) is 23.5 Å². The number of fused-ring (bicyclic) bond motifs is 1. The van der Waals surface area contributed by atoms with Gasteiger partial charge in [-0.3, -0.25) is 14.4 Å². The molecule has 2 aromatic carbocycles. The van der Waals surface area contributed by atoms with Gasteiger partial charge in [0, 0.05) is 22.2 Å². The number of amides is 2. The second-order valence-corrected chi connectivity index (χ2v) is 10.2. The number of hydrogen-bond donors (Lipinski definition) is 2. The first-order chi connectivity index (χ1) is 14.4. The minimum Gasteiger partial charge on any atom is -0.480 e. The Bertz CT molecular complexity index is 973. The van der Waals surface area contributed by atoms with Crippen LogP contribution in [0.5, 0.6) is 0 Å². The minimum absolute atomic E-state index is 0.0944. The number of carbonyl (C=O) groups excluding carboxylic acids is 2. The van der Waals surface area contributed by atoms with Crippen LogP contribution in [-0.4, -0.2) is 56.3 Å². The summed E-state index contributed by atoms with van der Waals surface area (Å²) in [4.78, 5) is 39.5. The van der Waals surface area contributed by atoms with Crippen LogP contribution in [0.25, 0.3) is 0 Å². The van der Waals surface area contributed by atoms with E-state index in [4.69, 9.17) is 11.6 Å². The van der Waals surface area contributed by atoms with E-state index in [0.29, 0.717) is 10.8 Å². The first-order valence-electron chi connectivity index (χ1n) is 9.31. The highest BCUT2D eigenvalue weighted by Crippen LogP contribution is 2.46. The molecule has 0 radical (unpaired) electrons. The molecule has 0 bridgehead atoms. The van der Waals surface area contributed by atoms with Gasteiger partial charge in [0.15, 0.2) is 0 Å².